The molecule has 1 heterocycles. The standard InChI is InChI=1S/C17H27NO2/c1-3-12-20-17-7-6-14(2)13-15(17)16(8-11-19)18-9-4-5-10-18/h6-7,13,16,19H,3-5,8-12H2,1-2H3. The summed E-state index contributed by atoms with van der Waals surface area (Å²) >= 11 is 0. The Hall–Kier alpha value is -1.06. The monoisotopic (exact) mass is 277 g/mol. The third-order valence-electron chi connectivity index (χ3n) is 3.97. The van der Waals surface area contributed by atoms with Crippen LogP contribution in [0.3, 0.4) is 0 Å². The zero-order chi connectivity index (χ0) is 14.4. The van der Waals surface area contributed by atoms with E-state index in [9.17, 15) is 5.11 Å². The number of rotatable bonds is 7. The second-order valence-electron chi connectivity index (χ2n) is 5.66. The van der Waals surface area contributed by atoms with Gasteiger partial charge in [0, 0.05) is 18.2 Å². The molecule has 1 unspecified atom stereocenters. The van der Waals surface area contributed by atoms with E-state index in [1.807, 2.05) is 0 Å². The molecule has 1 atom stereocenters. The number of aliphatic hydroxyl groups excluding tert-OH is 1. The molecule has 2 rings (SSSR count). The quantitative estimate of drug-likeness (QED) is 0.830. The molecular weight excluding hydrogens is 250 g/mol. The first-order chi connectivity index (χ1) is 9.76. The number of likely N-dealkylation sites (tertiary alicyclic amines) is 1. The Kier molecular flexibility index (Phi) is 5.86. The number of hydrogen-bond donors (Lipinski definition) is 1. The molecule has 1 aromatic carbocycles. The first-order valence-electron chi connectivity index (χ1n) is 7.84. The van der Waals surface area contributed by atoms with Crippen LogP contribution in [0.4, 0.5) is 0 Å². The molecule has 0 bridgehead atoms. The van der Waals surface area contributed by atoms with Crippen LogP contribution in [-0.4, -0.2) is 36.3 Å². The van der Waals surface area contributed by atoms with Crippen molar-refractivity contribution in [3.05, 3.63) is 29.3 Å². The van der Waals surface area contributed by atoms with Gasteiger partial charge in [-0.15, -0.1) is 0 Å². The lowest BCUT2D eigenvalue weighted by Crippen LogP contribution is -2.27. The predicted octanol–water partition coefficient (Wildman–Crippen LogP) is 3.30. The highest BCUT2D eigenvalue weighted by atomic mass is 16.5. The van der Waals surface area contributed by atoms with Crippen molar-refractivity contribution in [1.82, 2.24) is 4.90 Å². The normalized spacial score (nSPS) is 17.4. The molecular formula is C17H27NO2. The van der Waals surface area contributed by atoms with Gasteiger partial charge in [0.05, 0.1) is 6.61 Å². The Balaban J connectivity index is 2.26. The maximum absolute atomic E-state index is 9.43. The van der Waals surface area contributed by atoms with Gasteiger partial charge in [0.2, 0.25) is 0 Å². The third-order valence-corrected chi connectivity index (χ3v) is 3.97. The van der Waals surface area contributed by atoms with E-state index in [0.717, 1.165) is 38.3 Å². The summed E-state index contributed by atoms with van der Waals surface area (Å²) < 4.78 is 5.92. The fourth-order valence-electron chi connectivity index (χ4n) is 2.98. The second-order valence-corrected chi connectivity index (χ2v) is 5.66. The van der Waals surface area contributed by atoms with Crippen LogP contribution in [0.1, 0.15) is 49.8 Å². The van der Waals surface area contributed by atoms with Gasteiger partial charge in [0.25, 0.3) is 0 Å². The molecule has 1 aromatic rings. The molecule has 0 aliphatic carbocycles. The number of nitrogens with zero attached hydrogens (tertiary/aromatic N) is 1. The lowest BCUT2D eigenvalue weighted by Gasteiger charge is -2.29. The average molecular weight is 277 g/mol. The zero-order valence-corrected chi connectivity index (χ0v) is 12.8. The predicted molar refractivity (Wildman–Crippen MR) is 82.2 cm³/mol. The summed E-state index contributed by atoms with van der Waals surface area (Å²) in [5.74, 6) is 0.989. The average Bonchev–Trinajstić information content (AvgIpc) is 2.97. The molecule has 0 spiro atoms. The first-order valence-corrected chi connectivity index (χ1v) is 7.84. The molecule has 1 N–H and O–H groups in total. The largest absolute Gasteiger partial charge is 0.493 e. The minimum atomic E-state index is 0.225. The van der Waals surface area contributed by atoms with Gasteiger partial charge in [-0.1, -0.05) is 24.6 Å². The van der Waals surface area contributed by atoms with Gasteiger partial charge in [0.1, 0.15) is 5.75 Å². The number of hydrogen-bond acceptors (Lipinski definition) is 3. The van der Waals surface area contributed by atoms with Crippen molar-refractivity contribution in [2.45, 2.75) is 45.6 Å². The Morgan fingerprint density at radius 2 is 2.05 bits per heavy atom. The van der Waals surface area contributed by atoms with Crippen LogP contribution in [0.25, 0.3) is 0 Å². The molecule has 0 aromatic heterocycles. The van der Waals surface area contributed by atoms with Crippen LogP contribution in [-0.2, 0) is 0 Å². The SMILES string of the molecule is CCCOc1ccc(C)cc1C(CCO)N1CCCC1. The van der Waals surface area contributed by atoms with Crippen molar-refractivity contribution in [2.75, 3.05) is 26.3 Å². The molecule has 0 amide bonds. The van der Waals surface area contributed by atoms with E-state index in [1.54, 1.807) is 0 Å². The fourth-order valence-corrected chi connectivity index (χ4v) is 2.98. The van der Waals surface area contributed by atoms with Gasteiger partial charge in [-0.2, -0.15) is 0 Å². The van der Waals surface area contributed by atoms with Crippen molar-refractivity contribution < 1.29 is 9.84 Å². The van der Waals surface area contributed by atoms with Crippen LogP contribution < -0.4 is 4.74 Å². The van der Waals surface area contributed by atoms with Crippen LogP contribution in [0.5, 0.6) is 5.75 Å². The summed E-state index contributed by atoms with van der Waals surface area (Å²) in [5, 5.41) is 9.43. The van der Waals surface area contributed by atoms with Gasteiger partial charge >= 0.3 is 0 Å². The van der Waals surface area contributed by atoms with Crippen molar-refractivity contribution in [2.24, 2.45) is 0 Å². The molecule has 0 radical (unpaired) electrons. The van der Waals surface area contributed by atoms with E-state index in [0.29, 0.717) is 0 Å². The van der Waals surface area contributed by atoms with Crippen LogP contribution in [0, 0.1) is 6.92 Å². The topological polar surface area (TPSA) is 32.7 Å². The molecule has 0 saturated carbocycles. The summed E-state index contributed by atoms with van der Waals surface area (Å²) in [6.07, 6.45) is 4.32. The summed E-state index contributed by atoms with van der Waals surface area (Å²) in [6, 6.07) is 6.70. The maximum Gasteiger partial charge on any atom is 0.124 e. The van der Waals surface area contributed by atoms with Crippen LogP contribution in [0.15, 0.2) is 18.2 Å². The molecule has 3 nitrogen and oxygen atoms in total. The fraction of sp³-hybridized carbons (Fsp3) is 0.647. The van der Waals surface area contributed by atoms with E-state index in [2.05, 4.69) is 36.9 Å². The summed E-state index contributed by atoms with van der Waals surface area (Å²) in [6.45, 7) is 7.48. The number of benzene rings is 1. The Morgan fingerprint density at radius 1 is 1.30 bits per heavy atom. The molecule has 3 heteroatoms. The highest BCUT2D eigenvalue weighted by molar-refractivity contribution is 5.39. The lowest BCUT2D eigenvalue weighted by molar-refractivity contribution is 0.180. The highest BCUT2D eigenvalue weighted by Crippen LogP contribution is 2.34. The zero-order valence-electron chi connectivity index (χ0n) is 12.8. The minimum Gasteiger partial charge on any atom is -0.493 e. The third kappa shape index (κ3) is 3.74. The van der Waals surface area contributed by atoms with Crippen LogP contribution in [0.2, 0.25) is 0 Å². The lowest BCUT2D eigenvalue weighted by atomic mass is 9.99. The summed E-state index contributed by atoms with van der Waals surface area (Å²) in [7, 11) is 0. The molecule has 1 saturated heterocycles. The van der Waals surface area contributed by atoms with E-state index < -0.39 is 0 Å². The van der Waals surface area contributed by atoms with E-state index >= 15 is 0 Å². The number of aliphatic hydroxyl groups is 1. The highest BCUT2D eigenvalue weighted by Gasteiger charge is 2.25. The first kappa shape index (κ1) is 15.3. The second kappa shape index (κ2) is 7.65. The minimum absolute atomic E-state index is 0.225. The Morgan fingerprint density at radius 3 is 2.70 bits per heavy atom. The van der Waals surface area contributed by atoms with E-state index in [-0.39, 0.29) is 12.6 Å². The number of ether oxygens (including phenoxy) is 1. The molecule has 112 valence electrons. The molecule has 1 aliphatic rings. The summed E-state index contributed by atoms with van der Waals surface area (Å²) in [5.41, 5.74) is 2.50. The number of aryl methyl sites for hydroxylation is 1. The van der Waals surface area contributed by atoms with E-state index in [4.69, 9.17) is 4.74 Å². The Bertz CT molecular complexity index is 413. The van der Waals surface area contributed by atoms with Crippen molar-refractivity contribution in [3.63, 3.8) is 0 Å². The molecule has 20 heavy (non-hydrogen) atoms. The smallest absolute Gasteiger partial charge is 0.124 e. The van der Waals surface area contributed by atoms with Crippen molar-refractivity contribution in [1.29, 1.82) is 0 Å². The molecule has 1 aliphatic heterocycles. The van der Waals surface area contributed by atoms with Gasteiger partial charge in [-0.25, -0.2) is 0 Å². The maximum atomic E-state index is 9.43. The van der Waals surface area contributed by atoms with Crippen LogP contribution >= 0.6 is 0 Å². The van der Waals surface area contributed by atoms with Gasteiger partial charge in [-0.05, 0) is 51.8 Å². The van der Waals surface area contributed by atoms with Gasteiger partial charge in [-0.3, -0.25) is 4.90 Å². The van der Waals surface area contributed by atoms with Gasteiger partial charge in [0.15, 0.2) is 0 Å². The van der Waals surface area contributed by atoms with Crippen molar-refractivity contribution >= 4 is 0 Å². The Labute approximate surface area is 122 Å². The van der Waals surface area contributed by atoms with E-state index in [1.165, 1.54) is 24.0 Å². The molecule has 1 fully saturated rings. The van der Waals surface area contributed by atoms with Crippen molar-refractivity contribution in [3.8, 4) is 5.75 Å². The van der Waals surface area contributed by atoms with Gasteiger partial charge < -0.3 is 9.84 Å². The summed E-state index contributed by atoms with van der Waals surface area (Å²) in [4.78, 5) is 2.49.